The zero-order valence-electron chi connectivity index (χ0n) is 9.42. The van der Waals surface area contributed by atoms with E-state index in [1.165, 1.54) is 25.7 Å². The van der Waals surface area contributed by atoms with Gasteiger partial charge in [-0.3, -0.25) is 4.79 Å². The van der Waals surface area contributed by atoms with E-state index >= 15 is 0 Å². The number of hydrogen-bond acceptors (Lipinski definition) is 2. The molecule has 1 heterocycles. The number of aromatic amines is 1. The first kappa shape index (κ1) is 10.4. The molecule has 1 aromatic heterocycles. The Labute approximate surface area is 89.9 Å². The summed E-state index contributed by atoms with van der Waals surface area (Å²) in [6.45, 7) is 4.12. The summed E-state index contributed by atoms with van der Waals surface area (Å²) in [5.74, 6) is 2.19. The number of hydrogen-bond donors (Lipinski definition) is 1. The summed E-state index contributed by atoms with van der Waals surface area (Å²) in [5, 5.41) is 0. The van der Waals surface area contributed by atoms with Gasteiger partial charge in [-0.15, -0.1) is 0 Å². The van der Waals surface area contributed by atoms with E-state index in [2.05, 4.69) is 16.9 Å². The smallest absolute Gasteiger partial charge is 0.251 e. The summed E-state index contributed by atoms with van der Waals surface area (Å²) in [4.78, 5) is 18.6. The van der Waals surface area contributed by atoms with Crippen LogP contribution in [0.5, 0.6) is 0 Å². The van der Waals surface area contributed by atoms with Crippen LogP contribution in [0.1, 0.15) is 50.0 Å². The van der Waals surface area contributed by atoms with Crippen LogP contribution in [0.3, 0.4) is 0 Å². The van der Waals surface area contributed by atoms with Gasteiger partial charge in [0.25, 0.3) is 5.56 Å². The van der Waals surface area contributed by atoms with Crippen molar-refractivity contribution in [1.82, 2.24) is 9.97 Å². The van der Waals surface area contributed by atoms with E-state index in [0.717, 1.165) is 17.4 Å². The highest BCUT2D eigenvalue weighted by Crippen LogP contribution is 2.37. The number of aryl methyl sites for hydroxylation is 1. The van der Waals surface area contributed by atoms with Gasteiger partial charge in [0.15, 0.2) is 0 Å². The number of H-pyrrole nitrogens is 1. The molecule has 82 valence electrons. The minimum atomic E-state index is -0.0163. The first-order valence-corrected chi connectivity index (χ1v) is 5.77. The third-order valence-corrected chi connectivity index (χ3v) is 3.39. The van der Waals surface area contributed by atoms with E-state index in [9.17, 15) is 4.79 Å². The Morgan fingerprint density at radius 3 is 2.93 bits per heavy atom. The molecule has 1 N–H and O–H groups in total. The molecule has 1 aromatic rings. The lowest BCUT2D eigenvalue weighted by molar-refractivity contribution is 0.516. The van der Waals surface area contributed by atoms with Crippen molar-refractivity contribution in [2.75, 3.05) is 0 Å². The number of nitrogens with one attached hydrogen (secondary N) is 1. The molecule has 1 aliphatic rings. The largest absolute Gasteiger partial charge is 0.310 e. The maximum atomic E-state index is 11.3. The molecule has 1 saturated carbocycles. The first-order valence-electron chi connectivity index (χ1n) is 5.77. The molecule has 0 aliphatic heterocycles. The fourth-order valence-electron chi connectivity index (χ4n) is 2.49. The van der Waals surface area contributed by atoms with E-state index in [-0.39, 0.29) is 5.56 Å². The molecule has 1 aliphatic carbocycles. The zero-order valence-corrected chi connectivity index (χ0v) is 9.42. The van der Waals surface area contributed by atoms with Crippen molar-refractivity contribution in [1.29, 1.82) is 0 Å². The molecule has 3 heteroatoms. The molecule has 2 atom stereocenters. The number of rotatable bonds is 2. The molecule has 0 bridgehead atoms. The third kappa shape index (κ3) is 2.28. The van der Waals surface area contributed by atoms with E-state index in [0.29, 0.717) is 5.92 Å². The fourth-order valence-corrected chi connectivity index (χ4v) is 2.49. The van der Waals surface area contributed by atoms with Gasteiger partial charge in [0, 0.05) is 17.7 Å². The van der Waals surface area contributed by atoms with Gasteiger partial charge in [-0.2, -0.15) is 0 Å². The van der Waals surface area contributed by atoms with Crippen LogP contribution < -0.4 is 5.56 Å². The van der Waals surface area contributed by atoms with Gasteiger partial charge >= 0.3 is 0 Å². The maximum absolute atomic E-state index is 11.3. The first-order chi connectivity index (χ1) is 7.19. The molecule has 2 rings (SSSR count). The van der Waals surface area contributed by atoms with Crippen molar-refractivity contribution in [3.05, 3.63) is 27.9 Å². The predicted octanol–water partition coefficient (Wildman–Crippen LogP) is 2.37. The highest BCUT2D eigenvalue weighted by molar-refractivity contribution is 5.06. The molecule has 0 amide bonds. The zero-order chi connectivity index (χ0) is 10.8. The van der Waals surface area contributed by atoms with Gasteiger partial charge in [-0.1, -0.05) is 13.3 Å². The molecule has 0 radical (unpaired) electrons. The van der Waals surface area contributed by atoms with Gasteiger partial charge in [0.1, 0.15) is 5.82 Å². The normalized spacial score (nSPS) is 25.7. The summed E-state index contributed by atoms with van der Waals surface area (Å²) in [7, 11) is 0. The second kappa shape index (κ2) is 4.17. The van der Waals surface area contributed by atoms with Crippen LogP contribution in [0.2, 0.25) is 0 Å². The SMILES string of the molecule is CCC1CCC(c2nc(C)cc(=O)[nH]2)C1. The van der Waals surface area contributed by atoms with Crippen molar-refractivity contribution in [2.45, 2.75) is 45.4 Å². The van der Waals surface area contributed by atoms with Gasteiger partial charge < -0.3 is 4.98 Å². The second-order valence-electron chi connectivity index (χ2n) is 4.56. The quantitative estimate of drug-likeness (QED) is 0.807. The van der Waals surface area contributed by atoms with Crippen molar-refractivity contribution in [2.24, 2.45) is 5.92 Å². The predicted molar refractivity (Wildman–Crippen MR) is 60.0 cm³/mol. The van der Waals surface area contributed by atoms with Crippen molar-refractivity contribution in [3.8, 4) is 0 Å². The van der Waals surface area contributed by atoms with Crippen LogP contribution in [-0.4, -0.2) is 9.97 Å². The van der Waals surface area contributed by atoms with Crippen LogP contribution >= 0.6 is 0 Å². The molecular formula is C12H18N2O. The summed E-state index contributed by atoms with van der Waals surface area (Å²) in [6, 6.07) is 1.55. The fraction of sp³-hybridized carbons (Fsp3) is 0.667. The summed E-state index contributed by atoms with van der Waals surface area (Å²) < 4.78 is 0. The lowest BCUT2D eigenvalue weighted by Crippen LogP contribution is -2.13. The second-order valence-corrected chi connectivity index (χ2v) is 4.56. The molecular weight excluding hydrogens is 188 g/mol. The maximum Gasteiger partial charge on any atom is 0.251 e. The van der Waals surface area contributed by atoms with Crippen molar-refractivity contribution < 1.29 is 0 Å². The summed E-state index contributed by atoms with van der Waals surface area (Å²) in [6.07, 6.45) is 4.87. The average Bonchev–Trinajstić information content (AvgIpc) is 2.64. The van der Waals surface area contributed by atoms with Crippen LogP contribution in [0.25, 0.3) is 0 Å². The molecule has 0 saturated heterocycles. The van der Waals surface area contributed by atoms with Crippen LogP contribution in [0.15, 0.2) is 10.9 Å². The van der Waals surface area contributed by atoms with Crippen LogP contribution in [0.4, 0.5) is 0 Å². The minimum Gasteiger partial charge on any atom is -0.310 e. The lowest BCUT2D eigenvalue weighted by Gasteiger charge is -2.09. The summed E-state index contributed by atoms with van der Waals surface area (Å²) >= 11 is 0. The van der Waals surface area contributed by atoms with E-state index in [4.69, 9.17) is 0 Å². The highest BCUT2D eigenvalue weighted by Gasteiger charge is 2.26. The van der Waals surface area contributed by atoms with Gasteiger partial charge in [0.2, 0.25) is 0 Å². The third-order valence-electron chi connectivity index (χ3n) is 3.39. The number of aromatic nitrogens is 2. The van der Waals surface area contributed by atoms with E-state index in [1.807, 2.05) is 6.92 Å². The summed E-state index contributed by atoms with van der Waals surface area (Å²) in [5.41, 5.74) is 0.811. The standard InChI is InChI=1S/C12H18N2O/c1-3-9-4-5-10(7-9)12-13-8(2)6-11(15)14-12/h6,9-10H,3-5,7H2,1-2H3,(H,13,14,15). The topological polar surface area (TPSA) is 45.8 Å². The monoisotopic (exact) mass is 206 g/mol. The number of nitrogens with zero attached hydrogens (tertiary/aromatic N) is 1. The molecule has 0 aromatic carbocycles. The lowest BCUT2D eigenvalue weighted by atomic mass is 10.0. The average molecular weight is 206 g/mol. The Bertz CT molecular complexity index is 397. The molecule has 2 unspecified atom stereocenters. The van der Waals surface area contributed by atoms with Crippen molar-refractivity contribution in [3.63, 3.8) is 0 Å². The van der Waals surface area contributed by atoms with E-state index in [1.54, 1.807) is 6.07 Å². The minimum absolute atomic E-state index is 0.0163. The van der Waals surface area contributed by atoms with E-state index < -0.39 is 0 Å². The Morgan fingerprint density at radius 2 is 2.33 bits per heavy atom. The van der Waals surface area contributed by atoms with Gasteiger partial charge in [0.05, 0.1) is 0 Å². The van der Waals surface area contributed by atoms with Crippen molar-refractivity contribution >= 4 is 0 Å². The van der Waals surface area contributed by atoms with Crippen LogP contribution in [-0.2, 0) is 0 Å². The molecule has 3 nitrogen and oxygen atoms in total. The highest BCUT2D eigenvalue weighted by atomic mass is 16.1. The van der Waals surface area contributed by atoms with Gasteiger partial charge in [-0.25, -0.2) is 4.98 Å². The molecule has 0 spiro atoms. The Balaban J connectivity index is 2.20. The Hall–Kier alpha value is -1.12. The molecule has 15 heavy (non-hydrogen) atoms. The van der Waals surface area contributed by atoms with Crippen LogP contribution in [0, 0.1) is 12.8 Å². The molecule has 1 fully saturated rings. The Kier molecular flexibility index (Phi) is 2.89. The Morgan fingerprint density at radius 1 is 1.53 bits per heavy atom. The van der Waals surface area contributed by atoms with Gasteiger partial charge in [-0.05, 0) is 32.1 Å².